The number of hydrogen-bond acceptors (Lipinski definition) is 2. The highest BCUT2D eigenvalue weighted by Crippen LogP contribution is 2.05. The van der Waals surface area contributed by atoms with Gasteiger partial charge in [0.25, 0.3) is 0 Å². The topological polar surface area (TPSA) is 52.9 Å². The van der Waals surface area contributed by atoms with Gasteiger partial charge in [-0.3, -0.25) is 4.79 Å². The molecule has 0 radical (unpaired) electrons. The van der Waals surface area contributed by atoms with Crippen LogP contribution in [0.1, 0.15) is 31.4 Å². The summed E-state index contributed by atoms with van der Waals surface area (Å²) in [6, 6.07) is 9.34. The average molecular weight is 216 g/mol. The second-order valence-corrected chi connectivity index (χ2v) is 3.84. The van der Waals surface area contributed by atoms with Gasteiger partial charge in [0, 0.05) is 12.5 Å². The normalized spacial score (nSPS) is 11.6. The van der Waals surface area contributed by atoms with Gasteiger partial charge in [-0.05, 0) is 24.1 Å². The lowest BCUT2D eigenvalue weighted by atomic mass is 10.1. The Bertz CT molecular complexity index is 407. The third-order valence-electron chi connectivity index (χ3n) is 2.58. The van der Waals surface area contributed by atoms with Crippen LogP contribution in [0.15, 0.2) is 24.3 Å². The summed E-state index contributed by atoms with van der Waals surface area (Å²) in [5.74, 6) is 0.101. The second kappa shape index (κ2) is 5.92. The lowest BCUT2D eigenvalue weighted by Crippen LogP contribution is -2.28. The molecule has 1 aromatic carbocycles. The van der Waals surface area contributed by atoms with Crippen molar-refractivity contribution < 1.29 is 4.79 Å². The first-order valence-electron chi connectivity index (χ1n) is 5.44. The molecule has 0 spiro atoms. The molecule has 0 bridgehead atoms. The SMILES string of the molecule is CCC(C)C(=O)NCc1cccc(C#N)c1. The maximum absolute atomic E-state index is 11.5. The third kappa shape index (κ3) is 3.39. The van der Waals surface area contributed by atoms with E-state index in [1.807, 2.05) is 26.0 Å². The van der Waals surface area contributed by atoms with Crippen LogP contribution in [0, 0.1) is 17.2 Å². The standard InChI is InChI=1S/C13H16N2O/c1-3-10(2)13(16)15-9-12-6-4-5-11(7-12)8-14/h4-7,10H,3,9H2,1-2H3,(H,15,16). The van der Waals surface area contributed by atoms with Crippen LogP contribution in [0.2, 0.25) is 0 Å². The van der Waals surface area contributed by atoms with Crippen LogP contribution in [0.4, 0.5) is 0 Å². The van der Waals surface area contributed by atoms with Crippen molar-refractivity contribution in [3.63, 3.8) is 0 Å². The van der Waals surface area contributed by atoms with Crippen LogP contribution in [0.5, 0.6) is 0 Å². The van der Waals surface area contributed by atoms with Gasteiger partial charge >= 0.3 is 0 Å². The highest BCUT2D eigenvalue weighted by molar-refractivity contribution is 5.78. The second-order valence-electron chi connectivity index (χ2n) is 3.84. The van der Waals surface area contributed by atoms with E-state index in [-0.39, 0.29) is 11.8 Å². The Balaban J connectivity index is 2.55. The van der Waals surface area contributed by atoms with Crippen LogP contribution in [0.3, 0.4) is 0 Å². The minimum atomic E-state index is 0.0409. The Morgan fingerprint density at radius 3 is 2.94 bits per heavy atom. The van der Waals surface area contributed by atoms with Crippen molar-refractivity contribution in [2.75, 3.05) is 0 Å². The zero-order chi connectivity index (χ0) is 12.0. The molecule has 16 heavy (non-hydrogen) atoms. The van der Waals surface area contributed by atoms with Crippen molar-refractivity contribution in [1.82, 2.24) is 5.32 Å². The maximum atomic E-state index is 11.5. The van der Waals surface area contributed by atoms with E-state index in [1.165, 1.54) is 0 Å². The number of carbonyl (C=O) groups excluding carboxylic acids is 1. The van der Waals surface area contributed by atoms with Crippen LogP contribution in [0.25, 0.3) is 0 Å². The zero-order valence-electron chi connectivity index (χ0n) is 9.66. The van der Waals surface area contributed by atoms with E-state index in [0.29, 0.717) is 12.1 Å². The van der Waals surface area contributed by atoms with E-state index in [4.69, 9.17) is 5.26 Å². The summed E-state index contributed by atoms with van der Waals surface area (Å²) in [5, 5.41) is 11.6. The van der Waals surface area contributed by atoms with Crippen molar-refractivity contribution >= 4 is 5.91 Å². The van der Waals surface area contributed by atoms with Gasteiger partial charge in [-0.2, -0.15) is 5.26 Å². The fourth-order valence-electron chi connectivity index (χ4n) is 1.30. The third-order valence-corrected chi connectivity index (χ3v) is 2.58. The number of carbonyl (C=O) groups is 1. The molecule has 1 rings (SSSR count). The molecule has 0 heterocycles. The van der Waals surface area contributed by atoms with E-state index in [2.05, 4.69) is 11.4 Å². The smallest absolute Gasteiger partial charge is 0.223 e. The van der Waals surface area contributed by atoms with Crippen LogP contribution < -0.4 is 5.32 Å². The predicted octanol–water partition coefficient (Wildman–Crippen LogP) is 2.22. The molecule has 3 heteroatoms. The number of nitrogens with one attached hydrogen (secondary N) is 1. The zero-order valence-corrected chi connectivity index (χ0v) is 9.66. The number of rotatable bonds is 4. The molecule has 1 unspecified atom stereocenters. The highest BCUT2D eigenvalue weighted by Gasteiger charge is 2.09. The fraction of sp³-hybridized carbons (Fsp3) is 0.385. The molecule has 0 aliphatic heterocycles. The monoisotopic (exact) mass is 216 g/mol. The average Bonchev–Trinajstić information content (AvgIpc) is 2.35. The molecule has 0 fully saturated rings. The van der Waals surface area contributed by atoms with Gasteiger partial charge in [0.15, 0.2) is 0 Å². The minimum Gasteiger partial charge on any atom is -0.352 e. The first-order chi connectivity index (χ1) is 7.67. The van der Waals surface area contributed by atoms with Crippen LogP contribution in [-0.4, -0.2) is 5.91 Å². The van der Waals surface area contributed by atoms with Crippen LogP contribution in [-0.2, 0) is 11.3 Å². The molecule has 1 atom stereocenters. The van der Waals surface area contributed by atoms with Gasteiger partial charge in [-0.1, -0.05) is 26.0 Å². The molecule has 1 N–H and O–H groups in total. The quantitative estimate of drug-likeness (QED) is 0.839. The van der Waals surface area contributed by atoms with Gasteiger partial charge in [-0.25, -0.2) is 0 Å². The summed E-state index contributed by atoms with van der Waals surface area (Å²) in [4.78, 5) is 11.5. The summed E-state index contributed by atoms with van der Waals surface area (Å²) in [6.07, 6.45) is 0.837. The molecule has 84 valence electrons. The lowest BCUT2D eigenvalue weighted by Gasteiger charge is -2.09. The summed E-state index contributed by atoms with van der Waals surface area (Å²) in [6.45, 7) is 4.38. The van der Waals surface area contributed by atoms with Gasteiger partial charge in [0.2, 0.25) is 5.91 Å². The molecular formula is C13H16N2O. The first-order valence-corrected chi connectivity index (χ1v) is 5.44. The fourth-order valence-corrected chi connectivity index (χ4v) is 1.30. The number of amides is 1. The highest BCUT2D eigenvalue weighted by atomic mass is 16.1. The molecular weight excluding hydrogens is 200 g/mol. The van der Waals surface area contributed by atoms with Crippen molar-refractivity contribution in [2.45, 2.75) is 26.8 Å². The molecule has 1 aromatic rings. The largest absolute Gasteiger partial charge is 0.352 e. The molecule has 0 saturated heterocycles. The Morgan fingerprint density at radius 2 is 2.31 bits per heavy atom. The van der Waals surface area contributed by atoms with E-state index in [0.717, 1.165) is 12.0 Å². The van der Waals surface area contributed by atoms with Gasteiger partial charge in [0.1, 0.15) is 0 Å². The maximum Gasteiger partial charge on any atom is 0.223 e. The summed E-state index contributed by atoms with van der Waals surface area (Å²) in [5.41, 5.74) is 1.57. The Kier molecular flexibility index (Phi) is 4.53. The van der Waals surface area contributed by atoms with E-state index >= 15 is 0 Å². The molecule has 0 aliphatic carbocycles. The van der Waals surface area contributed by atoms with Crippen molar-refractivity contribution in [2.24, 2.45) is 5.92 Å². The molecule has 1 amide bonds. The van der Waals surface area contributed by atoms with E-state index < -0.39 is 0 Å². The first kappa shape index (κ1) is 12.3. The lowest BCUT2D eigenvalue weighted by molar-refractivity contribution is -0.124. The molecule has 3 nitrogen and oxygen atoms in total. The Hall–Kier alpha value is -1.82. The number of benzene rings is 1. The molecule has 0 aromatic heterocycles. The number of nitriles is 1. The van der Waals surface area contributed by atoms with Gasteiger partial charge in [0.05, 0.1) is 11.6 Å². The van der Waals surface area contributed by atoms with Crippen molar-refractivity contribution in [1.29, 1.82) is 5.26 Å². The van der Waals surface area contributed by atoms with Crippen molar-refractivity contribution in [3.8, 4) is 6.07 Å². The summed E-state index contributed by atoms with van der Waals surface area (Å²) >= 11 is 0. The number of hydrogen-bond donors (Lipinski definition) is 1. The molecule has 0 saturated carbocycles. The predicted molar refractivity (Wildman–Crippen MR) is 62.5 cm³/mol. The van der Waals surface area contributed by atoms with Crippen LogP contribution >= 0.6 is 0 Å². The van der Waals surface area contributed by atoms with E-state index in [9.17, 15) is 4.79 Å². The van der Waals surface area contributed by atoms with Gasteiger partial charge in [-0.15, -0.1) is 0 Å². The van der Waals surface area contributed by atoms with Gasteiger partial charge < -0.3 is 5.32 Å². The van der Waals surface area contributed by atoms with Crippen molar-refractivity contribution in [3.05, 3.63) is 35.4 Å². The molecule has 0 aliphatic rings. The Labute approximate surface area is 96.1 Å². The minimum absolute atomic E-state index is 0.0409. The Morgan fingerprint density at radius 1 is 1.56 bits per heavy atom. The van der Waals surface area contributed by atoms with E-state index in [1.54, 1.807) is 12.1 Å². The summed E-state index contributed by atoms with van der Waals surface area (Å²) in [7, 11) is 0. The number of nitrogens with zero attached hydrogens (tertiary/aromatic N) is 1. The summed E-state index contributed by atoms with van der Waals surface area (Å²) < 4.78 is 0.